The molecule has 2 N–H and O–H groups in total. The number of aromatic nitrogens is 2. The minimum absolute atomic E-state index is 0.558. The highest BCUT2D eigenvalue weighted by Crippen LogP contribution is 2.17. The van der Waals surface area contributed by atoms with E-state index in [1.165, 1.54) is 5.56 Å². The van der Waals surface area contributed by atoms with Crippen molar-refractivity contribution in [1.82, 2.24) is 20.2 Å². The van der Waals surface area contributed by atoms with Crippen molar-refractivity contribution < 1.29 is 4.74 Å². The Balaban J connectivity index is 1.16. The minimum Gasteiger partial charge on any atom is -0.376 e. The van der Waals surface area contributed by atoms with Gasteiger partial charge in [-0.1, -0.05) is 42.5 Å². The van der Waals surface area contributed by atoms with E-state index in [1.807, 2.05) is 31.3 Å². The monoisotopic (exact) mass is 405 g/mol. The van der Waals surface area contributed by atoms with Crippen molar-refractivity contribution in [2.75, 3.05) is 33.3 Å². The van der Waals surface area contributed by atoms with Gasteiger partial charge in [-0.05, 0) is 30.5 Å². The number of aryl methyl sites for hydroxylation is 1. The molecule has 1 aliphatic rings. The third-order valence-electron chi connectivity index (χ3n) is 5.57. The number of hydrogen-bond acceptors (Lipinski definition) is 3. The van der Waals surface area contributed by atoms with Gasteiger partial charge in [-0.15, -0.1) is 0 Å². The molecule has 3 aromatic rings. The van der Waals surface area contributed by atoms with E-state index in [9.17, 15) is 0 Å². The first kappa shape index (κ1) is 20.4. The van der Waals surface area contributed by atoms with Crippen LogP contribution < -0.4 is 5.32 Å². The van der Waals surface area contributed by atoms with E-state index in [0.717, 1.165) is 68.3 Å². The largest absolute Gasteiger partial charge is 0.376 e. The van der Waals surface area contributed by atoms with Gasteiger partial charge in [-0.2, -0.15) is 0 Å². The summed E-state index contributed by atoms with van der Waals surface area (Å²) in [4.78, 5) is 14.9. The summed E-state index contributed by atoms with van der Waals surface area (Å²) in [6, 6.07) is 18.5. The van der Waals surface area contributed by atoms with E-state index in [2.05, 4.69) is 55.5 Å². The summed E-state index contributed by atoms with van der Waals surface area (Å²) in [5.74, 6) is 2.60. The molecule has 1 unspecified atom stereocenters. The molecule has 2 aromatic carbocycles. The summed E-state index contributed by atoms with van der Waals surface area (Å²) in [5.41, 5.74) is 3.37. The number of nitrogens with one attached hydrogen (secondary N) is 2. The highest BCUT2D eigenvalue weighted by molar-refractivity contribution is 5.80. The smallest absolute Gasteiger partial charge is 0.193 e. The van der Waals surface area contributed by atoms with Gasteiger partial charge in [-0.3, -0.25) is 4.99 Å². The van der Waals surface area contributed by atoms with Crippen molar-refractivity contribution in [2.45, 2.75) is 25.9 Å². The predicted octanol–water partition coefficient (Wildman–Crippen LogP) is 3.61. The first-order valence-electron chi connectivity index (χ1n) is 10.8. The Morgan fingerprint density at radius 3 is 2.87 bits per heavy atom. The molecule has 6 nitrogen and oxygen atoms in total. The number of aromatic amines is 1. The quantitative estimate of drug-likeness (QED) is 0.341. The predicted molar refractivity (Wildman–Crippen MR) is 122 cm³/mol. The zero-order chi connectivity index (χ0) is 20.6. The van der Waals surface area contributed by atoms with Crippen LogP contribution in [0.3, 0.4) is 0 Å². The van der Waals surface area contributed by atoms with Crippen molar-refractivity contribution in [3.8, 4) is 0 Å². The lowest BCUT2D eigenvalue weighted by Gasteiger charge is -2.21. The number of ether oxygens (including phenoxy) is 1. The van der Waals surface area contributed by atoms with E-state index < -0.39 is 0 Å². The fourth-order valence-electron chi connectivity index (χ4n) is 3.99. The van der Waals surface area contributed by atoms with Gasteiger partial charge in [0.15, 0.2) is 5.96 Å². The number of nitrogens with zero attached hydrogens (tertiary/aromatic N) is 3. The van der Waals surface area contributed by atoms with Crippen molar-refractivity contribution in [3.05, 3.63) is 66.0 Å². The van der Waals surface area contributed by atoms with Gasteiger partial charge in [0, 0.05) is 39.0 Å². The number of aliphatic imine (C=N–C) groups is 1. The second-order valence-electron chi connectivity index (χ2n) is 7.88. The van der Waals surface area contributed by atoms with Crippen LogP contribution in [0.1, 0.15) is 24.2 Å². The van der Waals surface area contributed by atoms with Crippen LogP contribution in [0.5, 0.6) is 0 Å². The van der Waals surface area contributed by atoms with Gasteiger partial charge in [0.1, 0.15) is 5.82 Å². The number of para-hydroxylation sites is 2. The summed E-state index contributed by atoms with van der Waals surface area (Å²) in [5, 5.41) is 3.51. The molecule has 30 heavy (non-hydrogen) atoms. The second kappa shape index (κ2) is 10.3. The standard InChI is InChI=1S/C24H31N5O/c1-25-24(26-14-7-12-23-27-21-10-5-6-11-22(21)28-23)29-15-13-20(16-29)18-30-17-19-8-3-2-4-9-19/h2-6,8-11,20H,7,12-18H2,1H3,(H,25,26)(H,27,28). The fourth-order valence-corrected chi connectivity index (χ4v) is 3.99. The number of imidazole rings is 1. The van der Waals surface area contributed by atoms with Crippen molar-refractivity contribution in [3.63, 3.8) is 0 Å². The van der Waals surface area contributed by atoms with Crippen LogP contribution in [0, 0.1) is 5.92 Å². The number of hydrogen-bond donors (Lipinski definition) is 2. The zero-order valence-corrected chi connectivity index (χ0v) is 17.7. The van der Waals surface area contributed by atoms with E-state index >= 15 is 0 Å². The highest BCUT2D eigenvalue weighted by Gasteiger charge is 2.24. The number of fused-ring (bicyclic) bond motifs is 1. The molecule has 1 aromatic heterocycles. The molecule has 1 aliphatic heterocycles. The summed E-state index contributed by atoms with van der Waals surface area (Å²) in [6.45, 7) is 4.40. The number of rotatable bonds is 8. The van der Waals surface area contributed by atoms with Crippen LogP contribution in [0.2, 0.25) is 0 Å². The molecule has 0 bridgehead atoms. The zero-order valence-electron chi connectivity index (χ0n) is 17.7. The van der Waals surface area contributed by atoms with Crippen molar-refractivity contribution >= 4 is 17.0 Å². The van der Waals surface area contributed by atoms with Crippen LogP contribution in [-0.4, -0.2) is 54.1 Å². The number of guanidine groups is 1. The first-order valence-corrected chi connectivity index (χ1v) is 10.8. The molecule has 2 heterocycles. The van der Waals surface area contributed by atoms with Gasteiger partial charge in [0.25, 0.3) is 0 Å². The molecule has 1 fully saturated rings. The summed E-state index contributed by atoms with van der Waals surface area (Å²) >= 11 is 0. The third kappa shape index (κ3) is 5.39. The number of likely N-dealkylation sites (tertiary alicyclic amines) is 1. The topological polar surface area (TPSA) is 65.5 Å². The van der Waals surface area contributed by atoms with Gasteiger partial charge in [0.05, 0.1) is 24.2 Å². The Morgan fingerprint density at radius 1 is 1.20 bits per heavy atom. The molecule has 4 rings (SSSR count). The Bertz CT molecular complexity index is 919. The van der Waals surface area contributed by atoms with Crippen LogP contribution in [-0.2, 0) is 17.8 Å². The molecule has 6 heteroatoms. The fraction of sp³-hybridized carbons (Fsp3) is 0.417. The first-order chi connectivity index (χ1) is 14.8. The van der Waals surface area contributed by atoms with E-state index in [4.69, 9.17) is 4.74 Å². The Morgan fingerprint density at radius 2 is 2.03 bits per heavy atom. The third-order valence-corrected chi connectivity index (χ3v) is 5.57. The van der Waals surface area contributed by atoms with Gasteiger partial charge in [-0.25, -0.2) is 4.98 Å². The van der Waals surface area contributed by atoms with Crippen LogP contribution in [0.4, 0.5) is 0 Å². The van der Waals surface area contributed by atoms with Gasteiger partial charge < -0.3 is 19.9 Å². The number of benzene rings is 2. The lowest BCUT2D eigenvalue weighted by atomic mass is 10.1. The normalized spacial score (nSPS) is 17.0. The van der Waals surface area contributed by atoms with E-state index in [-0.39, 0.29) is 0 Å². The number of H-pyrrole nitrogens is 1. The maximum Gasteiger partial charge on any atom is 0.193 e. The average Bonchev–Trinajstić information content (AvgIpc) is 3.41. The molecule has 0 radical (unpaired) electrons. The van der Waals surface area contributed by atoms with Crippen LogP contribution in [0.25, 0.3) is 11.0 Å². The lowest BCUT2D eigenvalue weighted by Crippen LogP contribution is -2.40. The highest BCUT2D eigenvalue weighted by atomic mass is 16.5. The van der Waals surface area contributed by atoms with Gasteiger partial charge in [0.2, 0.25) is 0 Å². The molecule has 0 saturated carbocycles. The minimum atomic E-state index is 0.558. The molecular weight excluding hydrogens is 374 g/mol. The van der Waals surface area contributed by atoms with Gasteiger partial charge >= 0.3 is 0 Å². The van der Waals surface area contributed by atoms with E-state index in [1.54, 1.807) is 0 Å². The molecule has 158 valence electrons. The lowest BCUT2D eigenvalue weighted by molar-refractivity contribution is 0.0907. The molecule has 0 spiro atoms. The summed E-state index contributed by atoms with van der Waals surface area (Å²) in [7, 11) is 1.86. The van der Waals surface area contributed by atoms with Crippen molar-refractivity contribution in [2.24, 2.45) is 10.9 Å². The SMILES string of the molecule is CN=C(NCCCc1nc2ccccc2[nH]1)N1CCC(COCc2ccccc2)C1. The Labute approximate surface area is 178 Å². The maximum atomic E-state index is 5.94. The van der Waals surface area contributed by atoms with Crippen molar-refractivity contribution in [1.29, 1.82) is 0 Å². The molecule has 1 atom stereocenters. The molecule has 0 aliphatic carbocycles. The van der Waals surface area contributed by atoms with Crippen LogP contribution in [0.15, 0.2) is 59.6 Å². The summed E-state index contributed by atoms with van der Waals surface area (Å²) in [6.07, 6.45) is 3.08. The Hall–Kier alpha value is -2.86. The van der Waals surface area contributed by atoms with Crippen LogP contribution >= 0.6 is 0 Å². The molecular formula is C24H31N5O. The Kier molecular flexibility index (Phi) is 6.98. The average molecular weight is 406 g/mol. The van der Waals surface area contributed by atoms with E-state index in [0.29, 0.717) is 12.5 Å². The maximum absolute atomic E-state index is 5.94. The second-order valence-corrected chi connectivity index (χ2v) is 7.88. The summed E-state index contributed by atoms with van der Waals surface area (Å²) < 4.78 is 5.94. The molecule has 0 amide bonds. The molecule has 1 saturated heterocycles.